The first-order valence-corrected chi connectivity index (χ1v) is 14.9. The van der Waals surface area contributed by atoms with E-state index in [2.05, 4.69) is 58.3 Å². The molecule has 1 fully saturated rings. The van der Waals surface area contributed by atoms with Gasteiger partial charge in [0.2, 0.25) is 0 Å². The van der Waals surface area contributed by atoms with Gasteiger partial charge in [-0.15, -0.1) is 0 Å². The van der Waals surface area contributed by atoms with Gasteiger partial charge in [0, 0.05) is 30.5 Å². The highest BCUT2D eigenvalue weighted by atomic mass is 32.2. The Morgan fingerprint density at radius 3 is 1.77 bits per heavy atom. The highest BCUT2D eigenvalue weighted by molar-refractivity contribution is 8.18. The third kappa shape index (κ3) is 5.58. The summed E-state index contributed by atoms with van der Waals surface area (Å²) in [5.41, 5.74) is 4.63. The van der Waals surface area contributed by atoms with Gasteiger partial charge in [0.1, 0.15) is 16.5 Å². The Labute approximate surface area is 256 Å². The van der Waals surface area contributed by atoms with Crippen LogP contribution in [-0.4, -0.2) is 38.0 Å². The minimum atomic E-state index is -0.704. The Bertz CT molecular complexity index is 1580. The number of methoxy groups -OCH3 is 3. The first-order valence-electron chi connectivity index (χ1n) is 14.0. The fourth-order valence-corrected chi connectivity index (χ4v) is 6.99. The molecular weight excluding hydrogens is 558 g/mol. The second kappa shape index (κ2) is 12.3. The molecule has 4 aromatic rings. The molecule has 6 rings (SSSR count). The van der Waals surface area contributed by atoms with Crippen molar-refractivity contribution in [2.75, 3.05) is 31.1 Å². The molecule has 0 unspecified atom stereocenters. The minimum absolute atomic E-state index is 0.377. The van der Waals surface area contributed by atoms with Crippen molar-refractivity contribution < 1.29 is 19.0 Å². The Morgan fingerprint density at radius 2 is 1.28 bits per heavy atom. The molecule has 0 aromatic heterocycles. The molecule has 2 aliphatic heterocycles. The van der Waals surface area contributed by atoms with E-state index in [1.54, 1.807) is 32.1 Å². The second-order valence-electron chi connectivity index (χ2n) is 10.3. The number of fused-ring (bicyclic) bond motifs is 1. The molecule has 0 saturated carbocycles. The molecular formula is C35H33N3O4S. The number of hydrogen-bond donors (Lipinski definition) is 0. The lowest BCUT2D eigenvalue weighted by Gasteiger charge is -2.43. The first-order chi connectivity index (χ1) is 21.0. The fraction of sp³-hybridized carbons (Fsp3) is 0.200. The normalized spacial score (nSPS) is 17.0. The zero-order valence-electron chi connectivity index (χ0n) is 24.4. The molecule has 0 atom stereocenters. The van der Waals surface area contributed by atoms with Crippen molar-refractivity contribution in [1.82, 2.24) is 0 Å². The summed E-state index contributed by atoms with van der Waals surface area (Å²) in [4.78, 5) is 23.5. The van der Waals surface area contributed by atoms with Crippen molar-refractivity contribution in [1.29, 1.82) is 0 Å². The molecule has 4 aromatic carbocycles. The third-order valence-electron chi connectivity index (χ3n) is 7.81. The lowest BCUT2D eigenvalue weighted by molar-refractivity contribution is -0.134. The Hall–Kier alpha value is -4.69. The highest BCUT2D eigenvalue weighted by Crippen LogP contribution is 2.56. The highest BCUT2D eigenvalue weighted by Gasteiger charge is 2.57. The third-order valence-corrected chi connectivity index (χ3v) is 8.95. The standard InChI is InChI=1S/C35H33N3O4S/c1-40-28-17-13-25(14-18-28)23-37-31-11-7-8-12-32(31)38(24-26-15-19-29(41-2)20-16-26)35(37)22-30(21-33(39)42-3)43-34(35)36-27-9-5-4-6-10-27/h4-21H,22-24H2,1-3H3/b30-21+,36-34?. The van der Waals surface area contributed by atoms with Crippen LogP contribution >= 0.6 is 11.8 Å². The fourth-order valence-electron chi connectivity index (χ4n) is 5.71. The Morgan fingerprint density at radius 1 is 0.767 bits per heavy atom. The van der Waals surface area contributed by atoms with Crippen LogP contribution in [0.2, 0.25) is 0 Å². The number of benzene rings is 4. The minimum Gasteiger partial charge on any atom is -0.497 e. The SMILES string of the molecule is COC(=O)/C=C1\CC2(C(=Nc3ccccc3)S1)N(Cc1ccc(OC)cc1)c1ccccc1N2Cc1ccc(OC)cc1. The predicted molar refractivity (Wildman–Crippen MR) is 173 cm³/mol. The molecule has 0 N–H and O–H groups in total. The number of nitrogens with zero attached hydrogens (tertiary/aromatic N) is 3. The largest absolute Gasteiger partial charge is 0.497 e. The lowest BCUT2D eigenvalue weighted by Crippen LogP contribution is -2.59. The summed E-state index contributed by atoms with van der Waals surface area (Å²) in [5.74, 6) is 1.25. The maximum Gasteiger partial charge on any atom is 0.331 e. The average molecular weight is 592 g/mol. The number of aliphatic imine (C=N–C) groups is 1. The molecule has 7 nitrogen and oxygen atoms in total. The van der Waals surface area contributed by atoms with Crippen LogP contribution in [0.15, 0.2) is 119 Å². The van der Waals surface area contributed by atoms with Gasteiger partial charge in [-0.3, -0.25) is 0 Å². The molecule has 0 aliphatic carbocycles. The summed E-state index contributed by atoms with van der Waals surface area (Å²) in [5, 5.41) is 0.895. The molecule has 0 amide bonds. The maximum absolute atomic E-state index is 12.5. The van der Waals surface area contributed by atoms with E-state index in [4.69, 9.17) is 19.2 Å². The number of carbonyl (C=O) groups is 1. The summed E-state index contributed by atoms with van der Waals surface area (Å²) in [6.07, 6.45) is 2.15. The molecule has 0 radical (unpaired) electrons. The average Bonchev–Trinajstić information content (AvgIpc) is 3.52. The zero-order valence-corrected chi connectivity index (χ0v) is 25.2. The van der Waals surface area contributed by atoms with Gasteiger partial charge in [-0.2, -0.15) is 0 Å². The van der Waals surface area contributed by atoms with Crippen molar-refractivity contribution in [2.45, 2.75) is 25.2 Å². The van der Waals surface area contributed by atoms with Gasteiger partial charge >= 0.3 is 5.97 Å². The molecule has 2 heterocycles. The number of anilines is 2. The van der Waals surface area contributed by atoms with E-state index in [-0.39, 0.29) is 5.97 Å². The van der Waals surface area contributed by atoms with E-state index in [1.807, 2.05) is 54.6 Å². The van der Waals surface area contributed by atoms with Gasteiger partial charge in [0.25, 0.3) is 0 Å². The summed E-state index contributed by atoms with van der Waals surface area (Å²) in [6, 6.07) is 34.8. The van der Waals surface area contributed by atoms with Crippen LogP contribution in [0.5, 0.6) is 11.5 Å². The van der Waals surface area contributed by atoms with E-state index in [1.165, 1.54) is 7.11 Å². The van der Waals surface area contributed by atoms with Gasteiger partial charge in [-0.25, -0.2) is 9.79 Å². The first kappa shape index (κ1) is 28.4. The smallest absolute Gasteiger partial charge is 0.331 e. The Balaban J connectivity index is 1.55. The summed E-state index contributed by atoms with van der Waals surface area (Å²) >= 11 is 1.54. The number of carbonyl (C=O) groups excluding carboxylic acids is 1. The second-order valence-corrected chi connectivity index (χ2v) is 11.5. The van der Waals surface area contributed by atoms with Crippen molar-refractivity contribution >= 4 is 39.8 Å². The van der Waals surface area contributed by atoms with Gasteiger partial charge in [0.05, 0.1) is 38.4 Å². The van der Waals surface area contributed by atoms with Crippen molar-refractivity contribution in [3.05, 3.63) is 125 Å². The number of thioether (sulfide) groups is 1. The van der Waals surface area contributed by atoms with Gasteiger partial charge in [0.15, 0.2) is 5.66 Å². The Kier molecular flexibility index (Phi) is 8.11. The quantitative estimate of drug-likeness (QED) is 0.157. The monoisotopic (exact) mass is 591 g/mol. The topological polar surface area (TPSA) is 63.6 Å². The molecule has 0 bridgehead atoms. The maximum atomic E-state index is 12.5. The van der Waals surface area contributed by atoms with Crippen LogP contribution in [-0.2, 0) is 22.6 Å². The summed E-state index contributed by atoms with van der Waals surface area (Å²) in [7, 11) is 4.76. The van der Waals surface area contributed by atoms with Crippen molar-refractivity contribution in [2.24, 2.45) is 4.99 Å². The molecule has 218 valence electrons. The van der Waals surface area contributed by atoms with Gasteiger partial charge < -0.3 is 24.0 Å². The number of esters is 1. The summed E-state index contributed by atoms with van der Waals surface area (Å²) in [6.45, 7) is 1.25. The van der Waals surface area contributed by atoms with Gasteiger partial charge in [-0.1, -0.05) is 66.4 Å². The van der Waals surface area contributed by atoms with E-state index < -0.39 is 5.66 Å². The van der Waals surface area contributed by atoms with Crippen LogP contribution in [0.4, 0.5) is 17.1 Å². The zero-order chi connectivity index (χ0) is 29.8. The van der Waals surface area contributed by atoms with Crippen LogP contribution < -0.4 is 19.3 Å². The van der Waals surface area contributed by atoms with E-state index in [9.17, 15) is 4.79 Å². The summed E-state index contributed by atoms with van der Waals surface area (Å²) < 4.78 is 15.9. The van der Waals surface area contributed by atoms with Crippen molar-refractivity contribution in [3.8, 4) is 11.5 Å². The lowest BCUT2D eigenvalue weighted by atomic mass is 10.0. The van der Waals surface area contributed by atoms with E-state index in [0.717, 1.165) is 49.6 Å². The number of para-hydroxylation sites is 3. The molecule has 1 spiro atoms. The van der Waals surface area contributed by atoms with Crippen LogP contribution in [0.25, 0.3) is 0 Å². The van der Waals surface area contributed by atoms with Crippen LogP contribution in [0.1, 0.15) is 17.5 Å². The number of ether oxygens (including phenoxy) is 3. The van der Waals surface area contributed by atoms with Gasteiger partial charge in [-0.05, 0) is 59.7 Å². The number of rotatable bonds is 8. The van der Waals surface area contributed by atoms with Crippen LogP contribution in [0, 0.1) is 0 Å². The van der Waals surface area contributed by atoms with E-state index in [0.29, 0.717) is 19.5 Å². The molecule has 43 heavy (non-hydrogen) atoms. The van der Waals surface area contributed by atoms with E-state index >= 15 is 0 Å². The van der Waals surface area contributed by atoms with Crippen LogP contribution in [0.3, 0.4) is 0 Å². The predicted octanol–water partition coefficient (Wildman–Crippen LogP) is 7.35. The molecule has 1 saturated heterocycles. The molecule has 2 aliphatic rings. The van der Waals surface area contributed by atoms with Crippen molar-refractivity contribution in [3.63, 3.8) is 0 Å². The number of hydrogen-bond acceptors (Lipinski definition) is 8. The molecule has 8 heteroatoms.